The Morgan fingerprint density at radius 1 is 1.04 bits per heavy atom. The van der Waals surface area contributed by atoms with Crippen LogP contribution >= 0.6 is 0 Å². The lowest BCUT2D eigenvalue weighted by Gasteiger charge is -2.35. The lowest BCUT2D eigenvalue weighted by Crippen LogP contribution is -2.51. The average Bonchev–Trinajstić information content (AvgIpc) is 3.44. The Labute approximate surface area is 141 Å². The largest absolute Gasteiger partial charge is 0.377 e. The van der Waals surface area contributed by atoms with Gasteiger partial charge in [-0.15, -0.1) is 0 Å². The summed E-state index contributed by atoms with van der Waals surface area (Å²) < 4.78 is 5.59. The number of rotatable bonds is 3. The first kappa shape index (κ1) is 15.2. The van der Waals surface area contributed by atoms with Crippen LogP contribution in [0.4, 0.5) is 4.79 Å². The molecule has 124 valence electrons. The summed E-state index contributed by atoms with van der Waals surface area (Å²) in [6.45, 7) is 1.73. The molecule has 0 N–H and O–H groups in total. The zero-order chi connectivity index (χ0) is 16.4. The minimum Gasteiger partial charge on any atom is -0.377 e. The molecular formula is C19H20N2O3. The Hall–Kier alpha value is -2.37. The number of morpholine rings is 1. The van der Waals surface area contributed by atoms with Gasteiger partial charge in [-0.05, 0) is 12.0 Å². The van der Waals surface area contributed by atoms with E-state index in [-0.39, 0.29) is 18.3 Å². The summed E-state index contributed by atoms with van der Waals surface area (Å²) in [4.78, 5) is 20.2. The van der Waals surface area contributed by atoms with Crippen LogP contribution in [0.1, 0.15) is 17.4 Å². The Morgan fingerprint density at radius 2 is 1.75 bits per heavy atom. The zero-order valence-electron chi connectivity index (χ0n) is 13.4. The van der Waals surface area contributed by atoms with Crippen LogP contribution in [0.25, 0.3) is 0 Å². The molecule has 0 saturated carbocycles. The number of hydrogen-bond donors (Lipinski definition) is 0. The van der Waals surface area contributed by atoms with Crippen molar-refractivity contribution in [3.8, 4) is 0 Å². The number of nitrogens with zero attached hydrogens (tertiary/aromatic N) is 2. The van der Waals surface area contributed by atoms with Crippen molar-refractivity contribution in [1.29, 1.82) is 0 Å². The number of urea groups is 1. The van der Waals surface area contributed by atoms with Gasteiger partial charge < -0.3 is 9.64 Å². The molecule has 2 unspecified atom stereocenters. The maximum atomic E-state index is 12.8. The predicted molar refractivity (Wildman–Crippen MR) is 89.0 cm³/mol. The van der Waals surface area contributed by atoms with Crippen LogP contribution in [0.2, 0.25) is 0 Å². The van der Waals surface area contributed by atoms with Gasteiger partial charge >= 0.3 is 6.03 Å². The molecule has 5 heteroatoms. The molecule has 0 spiro atoms. The number of carbonyl (C=O) groups excluding carboxylic acids is 1. The summed E-state index contributed by atoms with van der Waals surface area (Å²) >= 11 is 0. The van der Waals surface area contributed by atoms with Gasteiger partial charge in [0, 0.05) is 12.1 Å². The van der Waals surface area contributed by atoms with Crippen molar-refractivity contribution >= 4 is 6.03 Å². The number of carbonyl (C=O) groups is 1. The van der Waals surface area contributed by atoms with Crippen LogP contribution in [0.15, 0.2) is 60.7 Å². The van der Waals surface area contributed by atoms with Crippen molar-refractivity contribution in [3.63, 3.8) is 0 Å². The van der Waals surface area contributed by atoms with Crippen molar-refractivity contribution in [2.75, 3.05) is 19.8 Å². The number of ether oxygens (including phenoxy) is 1. The molecule has 24 heavy (non-hydrogen) atoms. The van der Waals surface area contributed by atoms with E-state index in [0.717, 1.165) is 12.0 Å². The maximum absolute atomic E-state index is 12.8. The second-order valence-electron chi connectivity index (χ2n) is 6.09. The van der Waals surface area contributed by atoms with Gasteiger partial charge in [-0.2, -0.15) is 5.06 Å². The van der Waals surface area contributed by atoms with E-state index in [1.54, 1.807) is 0 Å². The molecule has 2 aliphatic heterocycles. The quantitative estimate of drug-likeness (QED) is 0.815. The number of hydrogen-bond acceptors (Lipinski definition) is 3. The highest BCUT2D eigenvalue weighted by Crippen LogP contribution is 2.38. The van der Waals surface area contributed by atoms with Crippen LogP contribution in [-0.4, -0.2) is 41.8 Å². The first-order valence-corrected chi connectivity index (χ1v) is 8.26. The van der Waals surface area contributed by atoms with Gasteiger partial charge in [0.2, 0.25) is 6.23 Å². The van der Waals surface area contributed by atoms with E-state index in [1.165, 1.54) is 10.6 Å². The minimum absolute atomic E-state index is 0.0364. The first-order chi connectivity index (χ1) is 11.8. The zero-order valence-corrected chi connectivity index (χ0v) is 13.4. The summed E-state index contributed by atoms with van der Waals surface area (Å²) in [5.74, 6) is 0. The molecule has 2 saturated heterocycles. The highest BCUT2D eigenvalue weighted by molar-refractivity contribution is 5.75. The van der Waals surface area contributed by atoms with Gasteiger partial charge in [0.05, 0.1) is 19.3 Å². The molecule has 4 rings (SSSR count). The van der Waals surface area contributed by atoms with E-state index in [0.29, 0.717) is 19.8 Å². The fourth-order valence-corrected chi connectivity index (χ4v) is 3.13. The Balaban J connectivity index is 1.44. The van der Waals surface area contributed by atoms with E-state index >= 15 is 0 Å². The van der Waals surface area contributed by atoms with Gasteiger partial charge in [0.1, 0.15) is 0 Å². The van der Waals surface area contributed by atoms with E-state index in [9.17, 15) is 4.79 Å². The minimum atomic E-state index is -0.265. The van der Waals surface area contributed by atoms with E-state index in [4.69, 9.17) is 9.57 Å². The molecule has 0 aromatic heterocycles. The summed E-state index contributed by atoms with van der Waals surface area (Å²) in [6.07, 6.45) is 0.523. The lowest BCUT2D eigenvalue weighted by atomic mass is 10.0. The smallest absolute Gasteiger partial charge is 0.347 e. The number of benzene rings is 2. The van der Waals surface area contributed by atoms with E-state index in [2.05, 4.69) is 12.1 Å². The van der Waals surface area contributed by atoms with Gasteiger partial charge in [-0.3, -0.25) is 0 Å². The lowest BCUT2D eigenvalue weighted by molar-refractivity contribution is 0.00295. The summed E-state index contributed by atoms with van der Waals surface area (Å²) in [5, 5.41) is 1.46. The summed E-state index contributed by atoms with van der Waals surface area (Å²) in [5.41, 5.74) is 2.20. The molecule has 2 fully saturated rings. The third-order valence-corrected chi connectivity index (χ3v) is 4.44. The molecule has 2 heterocycles. The molecule has 0 aliphatic carbocycles. The monoisotopic (exact) mass is 324 g/mol. The summed E-state index contributed by atoms with van der Waals surface area (Å²) in [7, 11) is 0. The number of hydroxylamine groups is 2. The van der Waals surface area contributed by atoms with E-state index in [1.807, 2.05) is 53.4 Å². The van der Waals surface area contributed by atoms with Crippen LogP contribution in [0, 0.1) is 0 Å². The molecule has 2 amide bonds. The Bertz CT molecular complexity index is 692. The van der Waals surface area contributed by atoms with Crippen molar-refractivity contribution in [2.24, 2.45) is 0 Å². The van der Waals surface area contributed by atoms with Crippen LogP contribution in [0.5, 0.6) is 0 Å². The SMILES string of the molecule is O=C(N1CCOCC1Cc1ccccc1)N1OC1c1ccccc1. The van der Waals surface area contributed by atoms with E-state index < -0.39 is 0 Å². The van der Waals surface area contributed by atoms with Crippen LogP contribution < -0.4 is 0 Å². The molecule has 5 nitrogen and oxygen atoms in total. The topological polar surface area (TPSA) is 45.1 Å². The van der Waals surface area contributed by atoms with Crippen LogP contribution in [0.3, 0.4) is 0 Å². The third kappa shape index (κ3) is 3.13. The van der Waals surface area contributed by atoms with Gasteiger partial charge in [0.25, 0.3) is 0 Å². The van der Waals surface area contributed by atoms with Gasteiger partial charge in [-0.1, -0.05) is 60.7 Å². The third-order valence-electron chi connectivity index (χ3n) is 4.44. The normalized spacial score (nSPS) is 23.2. The average molecular weight is 324 g/mol. The second kappa shape index (κ2) is 6.63. The Kier molecular flexibility index (Phi) is 4.19. The highest BCUT2D eigenvalue weighted by Gasteiger charge is 2.46. The molecule has 0 radical (unpaired) electrons. The molecular weight excluding hydrogens is 304 g/mol. The maximum Gasteiger partial charge on any atom is 0.347 e. The van der Waals surface area contributed by atoms with Crippen LogP contribution in [-0.2, 0) is 16.0 Å². The molecule has 0 bridgehead atoms. The molecule has 2 aromatic rings. The number of amides is 2. The van der Waals surface area contributed by atoms with Crippen molar-refractivity contribution in [1.82, 2.24) is 9.96 Å². The molecule has 2 aromatic carbocycles. The highest BCUT2D eigenvalue weighted by atomic mass is 16.8. The first-order valence-electron chi connectivity index (χ1n) is 8.26. The standard InChI is InChI=1S/C19H20N2O3/c22-19(21-18(24-21)16-9-5-2-6-10-16)20-11-12-23-14-17(20)13-15-7-3-1-4-8-15/h1-10,17-18H,11-14H2. The van der Waals surface area contributed by atoms with Crippen molar-refractivity contribution < 1.29 is 14.4 Å². The molecule has 2 aliphatic rings. The fourth-order valence-electron chi connectivity index (χ4n) is 3.13. The van der Waals surface area contributed by atoms with Gasteiger partial charge in [0.15, 0.2) is 0 Å². The predicted octanol–water partition coefficient (Wildman–Crippen LogP) is 3.00. The van der Waals surface area contributed by atoms with Crippen molar-refractivity contribution in [3.05, 3.63) is 71.8 Å². The van der Waals surface area contributed by atoms with Crippen molar-refractivity contribution in [2.45, 2.75) is 18.7 Å². The second-order valence-corrected chi connectivity index (χ2v) is 6.09. The summed E-state index contributed by atoms with van der Waals surface area (Å²) in [6, 6.07) is 20.0. The molecule has 2 atom stereocenters. The van der Waals surface area contributed by atoms with Gasteiger partial charge in [-0.25, -0.2) is 9.63 Å². The fraction of sp³-hybridized carbons (Fsp3) is 0.316. The Morgan fingerprint density at radius 3 is 2.50 bits per heavy atom.